The molecule has 0 unspecified atom stereocenters. The number of rotatable bonds is 3. The van der Waals surface area contributed by atoms with Crippen molar-refractivity contribution >= 4 is 11.8 Å². The second-order valence-corrected chi connectivity index (χ2v) is 6.73. The van der Waals surface area contributed by atoms with E-state index >= 15 is 0 Å². The third kappa shape index (κ3) is 3.05. The van der Waals surface area contributed by atoms with Crippen molar-refractivity contribution in [1.82, 2.24) is 15.4 Å². The molecule has 7 heteroatoms. The summed E-state index contributed by atoms with van der Waals surface area (Å²) >= 11 is 0. The van der Waals surface area contributed by atoms with Gasteiger partial charge in [-0.05, 0) is 31.4 Å². The molecular formula is C19H21N3O4. The van der Waals surface area contributed by atoms with Gasteiger partial charge in [0.2, 0.25) is 5.91 Å². The number of nitrogens with one attached hydrogen (secondary N) is 1. The lowest BCUT2D eigenvalue weighted by molar-refractivity contribution is -0.121. The van der Waals surface area contributed by atoms with Crippen molar-refractivity contribution in [3.8, 4) is 17.1 Å². The Morgan fingerprint density at radius 2 is 2.23 bits per heavy atom. The summed E-state index contributed by atoms with van der Waals surface area (Å²) in [5.41, 5.74) is 1.09. The summed E-state index contributed by atoms with van der Waals surface area (Å²) in [7, 11) is 1.60. The lowest BCUT2D eigenvalue weighted by Gasteiger charge is -2.26. The van der Waals surface area contributed by atoms with Crippen molar-refractivity contribution in [3.63, 3.8) is 0 Å². The van der Waals surface area contributed by atoms with Crippen molar-refractivity contribution in [2.24, 2.45) is 0 Å². The number of hydrogen-bond acceptors (Lipinski definition) is 5. The largest absolute Gasteiger partial charge is 0.497 e. The Morgan fingerprint density at radius 3 is 3.08 bits per heavy atom. The van der Waals surface area contributed by atoms with Crippen molar-refractivity contribution < 1.29 is 18.8 Å². The molecule has 3 heterocycles. The summed E-state index contributed by atoms with van der Waals surface area (Å²) in [4.78, 5) is 26.5. The first-order valence-corrected chi connectivity index (χ1v) is 8.87. The molecule has 2 aliphatic rings. The van der Waals surface area contributed by atoms with Crippen LogP contribution in [0.25, 0.3) is 11.3 Å². The monoisotopic (exact) mass is 355 g/mol. The summed E-state index contributed by atoms with van der Waals surface area (Å²) in [6, 6.07) is 9.16. The standard InChI is InChI=1S/C19H21N3O4/c1-25-13-5-2-4-12(10-13)17-11-15(21-26-17)19(24)22-9-8-14-16(22)6-3-7-18(23)20-14/h2,4-5,10-11,14,16H,3,6-9H2,1H3,(H,20,23)/t14-,16-/m1/s1. The maximum Gasteiger partial charge on any atom is 0.276 e. The number of benzene rings is 1. The molecule has 2 aliphatic heterocycles. The molecule has 0 spiro atoms. The van der Waals surface area contributed by atoms with Crippen molar-refractivity contribution in [2.45, 2.75) is 37.8 Å². The Labute approximate surface area is 151 Å². The van der Waals surface area contributed by atoms with Gasteiger partial charge >= 0.3 is 0 Å². The summed E-state index contributed by atoms with van der Waals surface area (Å²) in [5.74, 6) is 1.17. The highest BCUT2D eigenvalue weighted by Crippen LogP contribution is 2.29. The van der Waals surface area contributed by atoms with Crippen LogP contribution in [0.5, 0.6) is 5.75 Å². The first-order valence-electron chi connectivity index (χ1n) is 8.87. The highest BCUT2D eigenvalue weighted by molar-refractivity contribution is 5.93. The lowest BCUT2D eigenvalue weighted by atomic mass is 10.0. The number of hydrogen-bond donors (Lipinski definition) is 1. The molecule has 7 nitrogen and oxygen atoms in total. The van der Waals surface area contributed by atoms with Gasteiger partial charge in [-0.2, -0.15) is 0 Å². The maximum absolute atomic E-state index is 12.9. The molecule has 2 saturated heterocycles. The number of nitrogens with zero attached hydrogens (tertiary/aromatic N) is 2. The summed E-state index contributed by atoms with van der Waals surface area (Å²) in [5, 5.41) is 7.00. The summed E-state index contributed by atoms with van der Waals surface area (Å²) < 4.78 is 10.6. The third-order valence-corrected chi connectivity index (χ3v) is 5.14. The van der Waals surface area contributed by atoms with Gasteiger partial charge in [0.05, 0.1) is 19.2 Å². The van der Waals surface area contributed by atoms with Crippen LogP contribution < -0.4 is 10.1 Å². The number of aromatic nitrogens is 1. The van der Waals surface area contributed by atoms with Crippen LogP contribution in [0, 0.1) is 0 Å². The Kier molecular flexibility index (Phi) is 4.36. The number of amides is 2. The molecule has 2 amide bonds. The minimum Gasteiger partial charge on any atom is -0.497 e. The van der Waals surface area contributed by atoms with Crippen LogP contribution in [0.2, 0.25) is 0 Å². The van der Waals surface area contributed by atoms with Crippen LogP contribution in [0.4, 0.5) is 0 Å². The minimum atomic E-state index is -0.147. The van der Waals surface area contributed by atoms with Gasteiger partial charge in [0.15, 0.2) is 11.5 Å². The van der Waals surface area contributed by atoms with Gasteiger partial charge in [0.1, 0.15) is 5.75 Å². The average molecular weight is 355 g/mol. The third-order valence-electron chi connectivity index (χ3n) is 5.14. The van der Waals surface area contributed by atoms with Crippen molar-refractivity contribution in [3.05, 3.63) is 36.0 Å². The number of ether oxygens (including phenoxy) is 1. The van der Waals surface area contributed by atoms with E-state index in [1.807, 2.05) is 29.2 Å². The Balaban J connectivity index is 1.54. The van der Waals surface area contributed by atoms with Crippen LogP contribution in [-0.2, 0) is 4.79 Å². The van der Waals surface area contributed by atoms with Crippen LogP contribution in [0.3, 0.4) is 0 Å². The maximum atomic E-state index is 12.9. The van der Waals surface area contributed by atoms with E-state index in [2.05, 4.69) is 10.5 Å². The minimum absolute atomic E-state index is 0.0333. The molecule has 0 radical (unpaired) electrons. The molecule has 2 aromatic rings. The van der Waals surface area contributed by atoms with Gasteiger partial charge < -0.3 is 19.5 Å². The van der Waals surface area contributed by atoms with Crippen LogP contribution >= 0.6 is 0 Å². The number of methoxy groups -OCH3 is 1. The highest BCUT2D eigenvalue weighted by atomic mass is 16.5. The van der Waals surface area contributed by atoms with Gasteiger partial charge in [0.25, 0.3) is 5.91 Å². The van der Waals surface area contributed by atoms with E-state index in [1.165, 1.54) is 0 Å². The molecule has 2 fully saturated rings. The Morgan fingerprint density at radius 1 is 1.35 bits per heavy atom. The molecule has 1 N–H and O–H groups in total. The first-order chi connectivity index (χ1) is 12.7. The Hall–Kier alpha value is -2.83. The fourth-order valence-corrected chi connectivity index (χ4v) is 3.82. The number of fused-ring (bicyclic) bond motifs is 1. The van der Waals surface area contributed by atoms with Crippen molar-refractivity contribution in [2.75, 3.05) is 13.7 Å². The van der Waals surface area contributed by atoms with Crippen LogP contribution in [-0.4, -0.2) is 47.6 Å². The van der Waals surface area contributed by atoms with Crippen LogP contribution in [0.1, 0.15) is 36.2 Å². The van der Waals surface area contributed by atoms with E-state index in [0.29, 0.717) is 30.2 Å². The van der Waals surface area contributed by atoms with E-state index in [9.17, 15) is 9.59 Å². The average Bonchev–Trinajstić information content (AvgIpc) is 3.25. The van der Waals surface area contributed by atoms with E-state index in [1.54, 1.807) is 13.2 Å². The second-order valence-electron chi connectivity index (χ2n) is 6.73. The zero-order chi connectivity index (χ0) is 18.1. The fourth-order valence-electron chi connectivity index (χ4n) is 3.82. The molecule has 1 aromatic carbocycles. The molecular weight excluding hydrogens is 334 g/mol. The highest BCUT2D eigenvalue weighted by Gasteiger charge is 2.40. The fraction of sp³-hybridized carbons (Fsp3) is 0.421. The number of carbonyl (C=O) groups excluding carboxylic acids is 2. The second kappa shape index (κ2) is 6.82. The molecule has 0 bridgehead atoms. The predicted molar refractivity (Wildman–Crippen MR) is 93.7 cm³/mol. The van der Waals surface area contributed by atoms with E-state index in [4.69, 9.17) is 9.26 Å². The molecule has 0 saturated carbocycles. The van der Waals surface area contributed by atoms with E-state index in [0.717, 1.165) is 24.8 Å². The van der Waals surface area contributed by atoms with Gasteiger partial charge in [-0.25, -0.2) is 0 Å². The molecule has 2 atom stereocenters. The normalized spacial score (nSPS) is 22.5. The SMILES string of the molecule is COc1cccc(-c2cc(C(=O)N3CC[C@H]4NC(=O)CCC[C@H]43)no2)c1. The molecule has 1 aromatic heterocycles. The zero-order valence-corrected chi connectivity index (χ0v) is 14.6. The predicted octanol–water partition coefficient (Wildman–Crippen LogP) is 2.23. The van der Waals surface area contributed by atoms with Crippen LogP contribution in [0.15, 0.2) is 34.9 Å². The molecule has 4 rings (SSSR count). The zero-order valence-electron chi connectivity index (χ0n) is 14.6. The van der Waals surface area contributed by atoms with E-state index in [-0.39, 0.29) is 23.9 Å². The molecule has 136 valence electrons. The topological polar surface area (TPSA) is 84.7 Å². The molecule has 26 heavy (non-hydrogen) atoms. The summed E-state index contributed by atoms with van der Waals surface area (Å²) in [6.07, 6.45) is 2.93. The van der Waals surface area contributed by atoms with E-state index < -0.39 is 0 Å². The lowest BCUT2D eigenvalue weighted by Crippen LogP contribution is -2.44. The quantitative estimate of drug-likeness (QED) is 0.913. The van der Waals surface area contributed by atoms with Gasteiger partial charge in [-0.3, -0.25) is 9.59 Å². The van der Waals surface area contributed by atoms with Crippen molar-refractivity contribution in [1.29, 1.82) is 0 Å². The van der Waals surface area contributed by atoms with Gasteiger partial charge in [0, 0.05) is 24.6 Å². The summed E-state index contributed by atoms with van der Waals surface area (Å²) in [6.45, 7) is 0.621. The molecule has 0 aliphatic carbocycles. The first kappa shape index (κ1) is 16.6. The van der Waals surface area contributed by atoms with Gasteiger partial charge in [-0.1, -0.05) is 17.3 Å². The Bertz CT molecular complexity index is 832. The number of likely N-dealkylation sites (tertiary alicyclic amines) is 1. The van der Waals surface area contributed by atoms with Gasteiger partial charge in [-0.15, -0.1) is 0 Å². The smallest absolute Gasteiger partial charge is 0.276 e. The number of carbonyl (C=O) groups is 2.